The van der Waals surface area contributed by atoms with Crippen molar-refractivity contribution in [2.75, 3.05) is 0 Å². The first-order valence-corrected chi connectivity index (χ1v) is 3.75. The zero-order chi connectivity index (χ0) is 9.30. The summed E-state index contributed by atoms with van der Waals surface area (Å²) in [5, 5.41) is 3.89. The van der Waals surface area contributed by atoms with E-state index in [2.05, 4.69) is 5.10 Å². The van der Waals surface area contributed by atoms with Crippen LogP contribution >= 0.6 is 0 Å². The minimum Gasteiger partial charge on any atom is -0.298 e. The Morgan fingerprint density at radius 1 is 1.58 bits per heavy atom. The molecule has 1 rings (SSSR count). The molecule has 1 aromatic heterocycles. The third-order valence-corrected chi connectivity index (χ3v) is 1.70. The molecule has 12 heavy (non-hydrogen) atoms. The van der Waals surface area contributed by atoms with Crippen molar-refractivity contribution in [2.24, 2.45) is 7.05 Å². The molecule has 0 N–H and O–H groups in total. The quantitative estimate of drug-likeness (QED) is 0.630. The fourth-order valence-electron chi connectivity index (χ4n) is 1.07. The average molecular weight is 170 g/mol. The molecule has 3 nitrogen and oxygen atoms in total. The lowest BCUT2D eigenvalue weighted by Crippen LogP contribution is -1.95. The maximum atomic E-state index is 13.1. The van der Waals surface area contributed by atoms with Crippen LogP contribution < -0.4 is 0 Å². The van der Waals surface area contributed by atoms with Crippen molar-refractivity contribution in [2.45, 2.75) is 19.8 Å². The van der Waals surface area contributed by atoms with Crippen molar-refractivity contribution < 1.29 is 9.18 Å². The van der Waals surface area contributed by atoms with Crippen LogP contribution in [0.3, 0.4) is 0 Å². The zero-order valence-electron chi connectivity index (χ0n) is 7.34. The van der Waals surface area contributed by atoms with Gasteiger partial charge in [0.25, 0.3) is 0 Å². The van der Waals surface area contributed by atoms with Gasteiger partial charge in [0, 0.05) is 7.05 Å². The molecule has 0 aromatic carbocycles. The Morgan fingerprint density at radius 3 is 2.50 bits per heavy atom. The van der Waals surface area contributed by atoms with Gasteiger partial charge < -0.3 is 0 Å². The first-order valence-electron chi connectivity index (χ1n) is 3.75. The zero-order valence-corrected chi connectivity index (χ0v) is 7.34. The van der Waals surface area contributed by atoms with Gasteiger partial charge in [0.05, 0.1) is 11.3 Å². The Labute approximate surface area is 70.2 Å². The van der Waals surface area contributed by atoms with Gasteiger partial charge in [0.1, 0.15) is 0 Å². The number of aromatic nitrogens is 2. The predicted octanol–water partition coefficient (Wildman–Crippen LogP) is 1.50. The summed E-state index contributed by atoms with van der Waals surface area (Å²) in [6.45, 7) is 3.74. The number of aldehydes is 1. The van der Waals surface area contributed by atoms with Gasteiger partial charge in [0.15, 0.2) is 6.29 Å². The molecule has 0 radical (unpaired) electrons. The second kappa shape index (κ2) is 3.05. The Hall–Kier alpha value is -1.19. The van der Waals surface area contributed by atoms with Gasteiger partial charge in [-0.2, -0.15) is 9.49 Å². The average Bonchev–Trinajstić information content (AvgIpc) is 2.29. The number of nitrogens with zero attached hydrogens (tertiary/aromatic N) is 2. The van der Waals surface area contributed by atoms with E-state index in [4.69, 9.17) is 0 Å². The lowest BCUT2D eigenvalue weighted by atomic mass is 10.1. The summed E-state index contributed by atoms with van der Waals surface area (Å²) in [5.74, 6) is -0.491. The van der Waals surface area contributed by atoms with Gasteiger partial charge >= 0.3 is 0 Å². The van der Waals surface area contributed by atoms with Gasteiger partial charge in [-0.3, -0.25) is 4.79 Å². The van der Waals surface area contributed by atoms with Gasteiger partial charge in [-0.05, 0) is 5.92 Å². The van der Waals surface area contributed by atoms with Gasteiger partial charge in [-0.25, -0.2) is 4.68 Å². The molecule has 0 amide bonds. The van der Waals surface area contributed by atoms with E-state index >= 15 is 0 Å². The number of carbonyl (C=O) groups excluding carboxylic acids is 1. The van der Waals surface area contributed by atoms with Crippen LogP contribution in [0.15, 0.2) is 0 Å². The fourth-order valence-corrected chi connectivity index (χ4v) is 1.07. The van der Waals surface area contributed by atoms with Crippen molar-refractivity contribution in [3.63, 3.8) is 0 Å². The van der Waals surface area contributed by atoms with Gasteiger partial charge in [-0.15, -0.1) is 0 Å². The summed E-state index contributed by atoms with van der Waals surface area (Å²) in [4.78, 5) is 10.5. The SMILES string of the molecule is CC(C)c1nn(C)c(F)c1C=O. The molecule has 0 spiro atoms. The van der Waals surface area contributed by atoms with Crippen LogP contribution in [0.4, 0.5) is 4.39 Å². The molecule has 1 aromatic rings. The third-order valence-electron chi connectivity index (χ3n) is 1.70. The summed E-state index contributed by atoms with van der Waals surface area (Å²) >= 11 is 0. The van der Waals surface area contributed by atoms with Crippen molar-refractivity contribution in [3.05, 3.63) is 17.2 Å². The molecule has 0 saturated carbocycles. The van der Waals surface area contributed by atoms with Crippen molar-refractivity contribution >= 4 is 6.29 Å². The van der Waals surface area contributed by atoms with Crippen LogP contribution in [0.5, 0.6) is 0 Å². The lowest BCUT2D eigenvalue weighted by molar-refractivity contribution is 0.111. The minimum atomic E-state index is -0.561. The maximum Gasteiger partial charge on any atom is 0.222 e. The van der Waals surface area contributed by atoms with Crippen molar-refractivity contribution in [1.82, 2.24) is 9.78 Å². The molecule has 1 heterocycles. The highest BCUT2D eigenvalue weighted by atomic mass is 19.1. The number of carbonyl (C=O) groups is 1. The molecular formula is C8H11FN2O. The molecule has 66 valence electrons. The second-order valence-corrected chi connectivity index (χ2v) is 2.99. The van der Waals surface area contributed by atoms with E-state index in [9.17, 15) is 9.18 Å². The number of hydrogen-bond donors (Lipinski definition) is 0. The van der Waals surface area contributed by atoms with Crippen LogP contribution in [0.25, 0.3) is 0 Å². The molecule has 0 aliphatic carbocycles. The molecule has 0 aliphatic heterocycles. The lowest BCUT2D eigenvalue weighted by Gasteiger charge is -1.98. The molecule has 0 fully saturated rings. The largest absolute Gasteiger partial charge is 0.298 e. The predicted molar refractivity (Wildman–Crippen MR) is 42.6 cm³/mol. The molecule has 4 heteroatoms. The van der Waals surface area contributed by atoms with E-state index in [-0.39, 0.29) is 11.5 Å². The standard InChI is InChI=1S/C8H11FN2O/c1-5(2)7-6(4-12)8(9)11(3)10-7/h4-5H,1-3H3. The van der Waals surface area contributed by atoms with E-state index in [0.29, 0.717) is 12.0 Å². The summed E-state index contributed by atoms with van der Waals surface area (Å²) in [7, 11) is 1.48. The summed E-state index contributed by atoms with van der Waals surface area (Å²) in [6.07, 6.45) is 0.512. The first-order chi connectivity index (χ1) is 5.57. The van der Waals surface area contributed by atoms with E-state index in [1.54, 1.807) is 0 Å². The maximum absolute atomic E-state index is 13.1. The topological polar surface area (TPSA) is 34.9 Å². The molecule has 0 atom stereocenters. The Kier molecular flexibility index (Phi) is 2.26. The molecular weight excluding hydrogens is 159 g/mol. The Bertz CT molecular complexity index is 304. The number of aryl methyl sites for hydroxylation is 1. The minimum absolute atomic E-state index is 0.0703. The third kappa shape index (κ3) is 1.24. The molecule has 0 bridgehead atoms. The molecule has 0 aliphatic rings. The Morgan fingerprint density at radius 2 is 2.17 bits per heavy atom. The van der Waals surface area contributed by atoms with E-state index < -0.39 is 5.95 Å². The Balaban J connectivity index is 3.29. The van der Waals surface area contributed by atoms with E-state index in [1.807, 2.05) is 13.8 Å². The fraction of sp³-hybridized carbons (Fsp3) is 0.500. The van der Waals surface area contributed by atoms with E-state index in [1.165, 1.54) is 7.05 Å². The van der Waals surface area contributed by atoms with Crippen LogP contribution in [0, 0.1) is 5.95 Å². The highest BCUT2D eigenvalue weighted by Crippen LogP contribution is 2.18. The number of rotatable bonds is 2. The van der Waals surface area contributed by atoms with Crippen molar-refractivity contribution in [1.29, 1.82) is 0 Å². The summed E-state index contributed by atoms with van der Waals surface area (Å²) in [5.41, 5.74) is 0.595. The summed E-state index contributed by atoms with van der Waals surface area (Å²) < 4.78 is 14.1. The monoisotopic (exact) mass is 170 g/mol. The molecule has 0 unspecified atom stereocenters. The smallest absolute Gasteiger partial charge is 0.222 e. The summed E-state index contributed by atoms with van der Waals surface area (Å²) in [6, 6.07) is 0. The van der Waals surface area contributed by atoms with E-state index in [0.717, 1.165) is 4.68 Å². The number of hydrogen-bond acceptors (Lipinski definition) is 2. The molecule has 0 saturated heterocycles. The second-order valence-electron chi connectivity index (χ2n) is 2.99. The van der Waals surface area contributed by atoms with Gasteiger partial charge in [-0.1, -0.05) is 13.8 Å². The van der Waals surface area contributed by atoms with Crippen LogP contribution in [0.1, 0.15) is 35.8 Å². The van der Waals surface area contributed by atoms with Crippen LogP contribution in [-0.4, -0.2) is 16.1 Å². The normalized spacial score (nSPS) is 10.8. The van der Waals surface area contributed by atoms with Crippen molar-refractivity contribution in [3.8, 4) is 0 Å². The highest BCUT2D eigenvalue weighted by Gasteiger charge is 2.17. The first kappa shape index (κ1) is 8.90. The van der Waals surface area contributed by atoms with Gasteiger partial charge in [0.2, 0.25) is 5.95 Å². The number of halogens is 1. The van der Waals surface area contributed by atoms with Crippen LogP contribution in [0.2, 0.25) is 0 Å². The highest BCUT2D eigenvalue weighted by molar-refractivity contribution is 5.76. The van der Waals surface area contributed by atoms with Crippen LogP contribution in [-0.2, 0) is 7.05 Å².